The van der Waals surface area contributed by atoms with E-state index < -0.39 is 0 Å². The van der Waals surface area contributed by atoms with Gasteiger partial charge in [0.2, 0.25) is 5.91 Å². The number of hydrogen-bond donors (Lipinski definition) is 1. The number of morpholine rings is 1. The lowest BCUT2D eigenvalue weighted by Gasteiger charge is -2.37. The molecule has 0 aromatic heterocycles. The fourth-order valence-electron chi connectivity index (χ4n) is 4.33. The van der Waals surface area contributed by atoms with Crippen LogP contribution in [0.15, 0.2) is 48.5 Å². The summed E-state index contributed by atoms with van der Waals surface area (Å²) in [5.41, 5.74) is 4.77. The smallest absolute Gasteiger partial charge is 0.241 e. The van der Waals surface area contributed by atoms with Crippen molar-refractivity contribution >= 4 is 17.3 Å². The van der Waals surface area contributed by atoms with Crippen molar-refractivity contribution < 1.29 is 9.53 Å². The van der Waals surface area contributed by atoms with Crippen LogP contribution in [-0.4, -0.2) is 74.2 Å². The molecule has 1 amide bonds. The third kappa shape index (κ3) is 5.64. The molecule has 2 fully saturated rings. The first-order valence-electron chi connectivity index (χ1n) is 11.3. The molecule has 166 valence electrons. The Morgan fingerprint density at radius 2 is 1.65 bits per heavy atom. The number of hydrogen-bond acceptors (Lipinski definition) is 5. The average Bonchev–Trinajstić information content (AvgIpc) is 2.81. The van der Waals surface area contributed by atoms with Gasteiger partial charge in [-0.1, -0.05) is 24.3 Å². The molecule has 0 saturated carbocycles. The van der Waals surface area contributed by atoms with Crippen LogP contribution in [0.25, 0.3) is 0 Å². The van der Waals surface area contributed by atoms with Crippen molar-refractivity contribution in [2.45, 2.75) is 26.4 Å². The summed E-state index contributed by atoms with van der Waals surface area (Å²) in [6.07, 6.45) is 0. The largest absolute Gasteiger partial charge is 0.378 e. The van der Waals surface area contributed by atoms with Gasteiger partial charge in [-0.25, -0.2) is 0 Å². The van der Waals surface area contributed by atoms with Gasteiger partial charge in [0.1, 0.15) is 0 Å². The first-order chi connectivity index (χ1) is 15.1. The SMILES string of the molecule is Cc1ccccc1CN1CCN([C@@H](C)C(=O)Nc2ccc(N3CCOCC3)cc2)CC1. The van der Waals surface area contributed by atoms with Crippen molar-refractivity contribution in [3.8, 4) is 0 Å². The number of rotatable bonds is 6. The number of anilines is 2. The summed E-state index contributed by atoms with van der Waals surface area (Å²) in [7, 11) is 0. The van der Waals surface area contributed by atoms with Gasteiger partial charge in [-0.2, -0.15) is 0 Å². The summed E-state index contributed by atoms with van der Waals surface area (Å²) >= 11 is 0. The van der Waals surface area contributed by atoms with E-state index in [1.165, 1.54) is 16.8 Å². The van der Waals surface area contributed by atoms with Gasteiger partial charge in [-0.15, -0.1) is 0 Å². The molecule has 2 aromatic rings. The zero-order chi connectivity index (χ0) is 21.6. The second kappa shape index (κ2) is 10.3. The Balaban J connectivity index is 1.25. The van der Waals surface area contributed by atoms with E-state index in [1.807, 2.05) is 19.1 Å². The van der Waals surface area contributed by atoms with E-state index in [-0.39, 0.29) is 11.9 Å². The molecule has 1 N–H and O–H groups in total. The van der Waals surface area contributed by atoms with Crippen LogP contribution in [-0.2, 0) is 16.1 Å². The lowest BCUT2D eigenvalue weighted by Crippen LogP contribution is -2.52. The molecular formula is C25H34N4O2. The van der Waals surface area contributed by atoms with E-state index in [1.54, 1.807) is 0 Å². The van der Waals surface area contributed by atoms with E-state index >= 15 is 0 Å². The maximum absolute atomic E-state index is 12.8. The summed E-state index contributed by atoms with van der Waals surface area (Å²) in [6, 6.07) is 16.6. The summed E-state index contributed by atoms with van der Waals surface area (Å²) in [5, 5.41) is 3.09. The fourth-order valence-corrected chi connectivity index (χ4v) is 4.33. The summed E-state index contributed by atoms with van der Waals surface area (Å²) in [4.78, 5) is 19.9. The summed E-state index contributed by atoms with van der Waals surface area (Å²) < 4.78 is 5.42. The highest BCUT2D eigenvalue weighted by Crippen LogP contribution is 2.20. The highest BCUT2D eigenvalue weighted by atomic mass is 16.5. The van der Waals surface area contributed by atoms with Gasteiger partial charge in [0, 0.05) is 57.2 Å². The monoisotopic (exact) mass is 422 g/mol. The van der Waals surface area contributed by atoms with Gasteiger partial charge in [0.25, 0.3) is 0 Å². The predicted molar refractivity (Wildman–Crippen MR) is 126 cm³/mol. The Morgan fingerprint density at radius 1 is 0.968 bits per heavy atom. The molecule has 2 aliphatic rings. The molecule has 1 atom stereocenters. The molecule has 2 heterocycles. The second-order valence-corrected chi connectivity index (χ2v) is 8.55. The number of amides is 1. The quantitative estimate of drug-likeness (QED) is 0.776. The topological polar surface area (TPSA) is 48.0 Å². The minimum absolute atomic E-state index is 0.0616. The van der Waals surface area contributed by atoms with E-state index in [4.69, 9.17) is 4.74 Å². The van der Waals surface area contributed by atoms with Gasteiger partial charge in [-0.3, -0.25) is 14.6 Å². The number of ether oxygens (including phenoxy) is 1. The Labute approximate surface area is 185 Å². The first kappa shape index (κ1) is 21.8. The number of nitrogens with one attached hydrogen (secondary N) is 1. The van der Waals surface area contributed by atoms with Gasteiger partial charge in [-0.05, 0) is 49.2 Å². The molecular weight excluding hydrogens is 388 g/mol. The Bertz CT molecular complexity index is 856. The van der Waals surface area contributed by atoms with Crippen LogP contribution in [0.2, 0.25) is 0 Å². The standard InChI is InChI=1S/C25H34N4O2/c1-20-5-3-4-6-22(20)19-27-11-13-28(14-12-27)21(2)25(30)26-23-7-9-24(10-8-23)29-15-17-31-18-16-29/h3-10,21H,11-19H2,1-2H3,(H,26,30)/t21-/m0/s1. The van der Waals surface area contributed by atoms with Gasteiger partial charge in [0.05, 0.1) is 19.3 Å². The Kier molecular flexibility index (Phi) is 7.22. The van der Waals surface area contributed by atoms with Crippen molar-refractivity contribution in [1.29, 1.82) is 0 Å². The molecule has 0 bridgehead atoms. The minimum atomic E-state index is -0.139. The number of carbonyl (C=O) groups is 1. The summed E-state index contributed by atoms with van der Waals surface area (Å²) in [6.45, 7) is 12.3. The van der Waals surface area contributed by atoms with Crippen molar-refractivity contribution in [3.05, 3.63) is 59.7 Å². The molecule has 0 radical (unpaired) electrons. The van der Waals surface area contributed by atoms with Gasteiger partial charge >= 0.3 is 0 Å². The van der Waals surface area contributed by atoms with Crippen LogP contribution in [0.1, 0.15) is 18.1 Å². The molecule has 4 rings (SSSR count). The fraction of sp³-hybridized carbons (Fsp3) is 0.480. The van der Waals surface area contributed by atoms with E-state index in [0.29, 0.717) is 0 Å². The lowest BCUT2D eigenvalue weighted by atomic mass is 10.1. The van der Waals surface area contributed by atoms with E-state index in [0.717, 1.165) is 64.7 Å². The first-order valence-corrected chi connectivity index (χ1v) is 11.3. The van der Waals surface area contributed by atoms with Crippen molar-refractivity contribution in [1.82, 2.24) is 9.80 Å². The second-order valence-electron chi connectivity index (χ2n) is 8.55. The zero-order valence-corrected chi connectivity index (χ0v) is 18.7. The van der Waals surface area contributed by atoms with Crippen molar-refractivity contribution in [2.24, 2.45) is 0 Å². The Morgan fingerprint density at radius 3 is 2.32 bits per heavy atom. The van der Waals surface area contributed by atoms with Crippen LogP contribution >= 0.6 is 0 Å². The van der Waals surface area contributed by atoms with Gasteiger partial charge < -0.3 is 15.0 Å². The van der Waals surface area contributed by atoms with Crippen molar-refractivity contribution in [2.75, 3.05) is 62.7 Å². The minimum Gasteiger partial charge on any atom is -0.378 e. The summed E-state index contributed by atoms with van der Waals surface area (Å²) in [5.74, 6) is 0.0616. The molecule has 0 unspecified atom stereocenters. The van der Waals surface area contributed by atoms with E-state index in [2.05, 4.69) is 63.3 Å². The number of aryl methyl sites for hydroxylation is 1. The number of piperazine rings is 1. The zero-order valence-electron chi connectivity index (χ0n) is 18.7. The number of benzene rings is 2. The van der Waals surface area contributed by atoms with Crippen LogP contribution in [0, 0.1) is 6.92 Å². The third-order valence-corrected chi connectivity index (χ3v) is 6.50. The highest BCUT2D eigenvalue weighted by Gasteiger charge is 2.26. The highest BCUT2D eigenvalue weighted by molar-refractivity contribution is 5.94. The molecule has 31 heavy (non-hydrogen) atoms. The molecule has 2 saturated heterocycles. The van der Waals surface area contributed by atoms with Crippen molar-refractivity contribution in [3.63, 3.8) is 0 Å². The van der Waals surface area contributed by atoms with Crippen LogP contribution < -0.4 is 10.2 Å². The molecule has 2 aliphatic heterocycles. The molecule has 6 heteroatoms. The van der Waals surface area contributed by atoms with Crippen LogP contribution in [0.3, 0.4) is 0 Å². The predicted octanol–water partition coefficient (Wildman–Crippen LogP) is 2.98. The Hall–Kier alpha value is -2.41. The van der Waals surface area contributed by atoms with Crippen LogP contribution in [0.5, 0.6) is 0 Å². The normalized spacial score (nSPS) is 19.2. The third-order valence-electron chi connectivity index (χ3n) is 6.50. The lowest BCUT2D eigenvalue weighted by molar-refractivity contribution is -0.121. The van der Waals surface area contributed by atoms with Crippen LogP contribution in [0.4, 0.5) is 11.4 Å². The number of carbonyl (C=O) groups excluding carboxylic acids is 1. The molecule has 6 nitrogen and oxygen atoms in total. The van der Waals surface area contributed by atoms with E-state index in [9.17, 15) is 4.79 Å². The molecule has 0 aliphatic carbocycles. The average molecular weight is 423 g/mol. The van der Waals surface area contributed by atoms with Gasteiger partial charge in [0.15, 0.2) is 0 Å². The molecule has 0 spiro atoms. The maximum Gasteiger partial charge on any atom is 0.241 e. The maximum atomic E-state index is 12.8. The number of nitrogens with zero attached hydrogens (tertiary/aromatic N) is 3. The molecule has 2 aromatic carbocycles.